The molecule has 1 N–H and O–H groups in total. The standard InChI is InChI=1S/C17H21N3O2/c1-13(21)15-4-2-10-19(12-15)17(22)14-5-7-16(8-6-14)20-11-3-9-18-20/h3,5-9,11,13,15,21H,2,4,10,12H2,1H3. The van der Waals surface area contributed by atoms with E-state index in [0.717, 1.165) is 25.1 Å². The molecule has 2 aromatic rings. The Labute approximate surface area is 130 Å². The summed E-state index contributed by atoms with van der Waals surface area (Å²) in [5.74, 6) is 0.221. The summed E-state index contributed by atoms with van der Waals surface area (Å²) in [6.45, 7) is 3.21. The first-order valence-electron chi connectivity index (χ1n) is 7.72. The van der Waals surface area contributed by atoms with Crippen LogP contribution in [0.4, 0.5) is 0 Å². The summed E-state index contributed by atoms with van der Waals surface area (Å²) in [6, 6.07) is 9.34. The van der Waals surface area contributed by atoms with Crippen molar-refractivity contribution in [2.45, 2.75) is 25.9 Å². The first-order valence-corrected chi connectivity index (χ1v) is 7.72. The molecule has 0 saturated carbocycles. The van der Waals surface area contributed by atoms with Crippen LogP contribution in [0.3, 0.4) is 0 Å². The van der Waals surface area contributed by atoms with Crippen LogP contribution in [-0.2, 0) is 0 Å². The maximum Gasteiger partial charge on any atom is 0.253 e. The number of carbonyl (C=O) groups excluding carboxylic acids is 1. The summed E-state index contributed by atoms with van der Waals surface area (Å²) in [4.78, 5) is 14.4. The van der Waals surface area contributed by atoms with Gasteiger partial charge in [-0.15, -0.1) is 0 Å². The smallest absolute Gasteiger partial charge is 0.253 e. The number of carbonyl (C=O) groups is 1. The van der Waals surface area contributed by atoms with Crippen LogP contribution in [0, 0.1) is 5.92 Å². The van der Waals surface area contributed by atoms with Crippen LogP contribution in [0.1, 0.15) is 30.1 Å². The molecule has 1 aromatic carbocycles. The minimum Gasteiger partial charge on any atom is -0.393 e. The van der Waals surface area contributed by atoms with E-state index in [2.05, 4.69) is 5.10 Å². The number of rotatable bonds is 3. The fourth-order valence-corrected chi connectivity index (χ4v) is 2.95. The lowest BCUT2D eigenvalue weighted by atomic mass is 9.93. The van der Waals surface area contributed by atoms with E-state index in [4.69, 9.17) is 0 Å². The zero-order valence-electron chi connectivity index (χ0n) is 12.7. The van der Waals surface area contributed by atoms with Crippen molar-refractivity contribution < 1.29 is 9.90 Å². The average Bonchev–Trinajstić information content (AvgIpc) is 3.09. The summed E-state index contributed by atoms with van der Waals surface area (Å²) < 4.78 is 1.76. The van der Waals surface area contributed by atoms with E-state index in [1.807, 2.05) is 41.4 Å². The highest BCUT2D eigenvalue weighted by Gasteiger charge is 2.26. The van der Waals surface area contributed by atoms with Crippen molar-refractivity contribution in [3.8, 4) is 5.69 Å². The number of aliphatic hydroxyl groups excluding tert-OH is 1. The lowest BCUT2D eigenvalue weighted by Gasteiger charge is -2.34. The van der Waals surface area contributed by atoms with Gasteiger partial charge in [0.25, 0.3) is 5.91 Å². The van der Waals surface area contributed by atoms with Gasteiger partial charge in [-0.1, -0.05) is 0 Å². The molecule has 1 fully saturated rings. The topological polar surface area (TPSA) is 58.4 Å². The third-order valence-corrected chi connectivity index (χ3v) is 4.31. The van der Waals surface area contributed by atoms with E-state index in [1.54, 1.807) is 17.8 Å². The molecule has 0 radical (unpaired) electrons. The molecular formula is C17H21N3O2. The minimum absolute atomic E-state index is 0.0392. The van der Waals surface area contributed by atoms with Crippen molar-refractivity contribution in [3.63, 3.8) is 0 Å². The molecule has 1 aliphatic heterocycles. The van der Waals surface area contributed by atoms with Crippen LogP contribution in [0.5, 0.6) is 0 Å². The van der Waals surface area contributed by atoms with E-state index < -0.39 is 0 Å². The van der Waals surface area contributed by atoms with Crippen molar-refractivity contribution >= 4 is 5.91 Å². The van der Waals surface area contributed by atoms with Crippen molar-refractivity contribution in [1.29, 1.82) is 0 Å². The van der Waals surface area contributed by atoms with E-state index in [-0.39, 0.29) is 17.9 Å². The first-order chi connectivity index (χ1) is 10.6. The highest BCUT2D eigenvalue weighted by atomic mass is 16.3. The molecule has 0 aliphatic carbocycles. The average molecular weight is 299 g/mol. The summed E-state index contributed by atoms with van der Waals surface area (Å²) in [7, 11) is 0. The second kappa shape index (κ2) is 6.32. The minimum atomic E-state index is -0.363. The SMILES string of the molecule is CC(O)C1CCCN(C(=O)c2ccc(-n3cccn3)cc2)C1. The molecule has 22 heavy (non-hydrogen) atoms. The van der Waals surface area contributed by atoms with Crippen LogP contribution in [0.2, 0.25) is 0 Å². The highest BCUT2D eigenvalue weighted by molar-refractivity contribution is 5.94. The molecule has 0 bridgehead atoms. The number of hydrogen-bond acceptors (Lipinski definition) is 3. The van der Waals surface area contributed by atoms with Crippen LogP contribution < -0.4 is 0 Å². The molecule has 1 aromatic heterocycles. The Hall–Kier alpha value is -2.14. The molecular weight excluding hydrogens is 278 g/mol. The number of likely N-dealkylation sites (tertiary alicyclic amines) is 1. The Balaban J connectivity index is 1.72. The van der Waals surface area contributed by atoms with Crippen molar-refractivity contribution in [2.24, 2.45) is 5.92 Å². The van der Waals surface area contributed by atoms with E-state index in [1.165, 1.54) is 0 Å². The van der Waals surface area contributed by atoms with Crippen molar-refractivity contribution in [3.05, 3.63) is 48.3 Å². The summed E-state index contributed by atoms with van der Waals surface area (Å²) >= 11 is 0. The Morgan fingerprint density at radius 2 is 2.14 bits per heavy atom. The second-order valence-corrected chi connectivity index (χ2v) is 5.89. The molecule has 3 rings (SSSR count). The van der Waals surface area contributed by atoms with E-state index >= 15 is 0 Å². The van der Waals surface area contributed by atoms with E-state index in [0.29, 0.717) is 12.1 Å². The van der Waals surface area contributed by atoms with Crippen LogP contribution in [0.15, 0.2) is 42.7 Å². The number of aromatic nitrogens is 2. The van der Waals surface area contributed by atoms with Gasteiger partial charge in [0.1, 0.15) is 0 Å². The lowest BCUT2D eigenvalue weighted by Crippen LogP contribution is -2.42. The molecule has 1 aliphatic rings. The zero-order valence-corrected chi connectivity index (χ0v) is 12.7. The Morgan fingerprint density at radius 3 is 2.77 bits per heavy atom. The van der Waals surface area contributed by atoms with Gasteiger partial charge in [0.15, 0.2) is 0 Å². The van der Waals surface area contributed by atoms with Crippen LogP contribution >= 0.6 is 0 Å². The van der Waals surface area contributed by atoms with Gasteiger partial charge in [-0.2, -0.15) is 5.10 Å². The number of nitrogens with zero attached hydrogens (tertiary/aromatic N) is 3. The number of hydrogen-bond donors (Lipinski definition) is 1. The summed E-state index contributed by atoms with van der Waals surface area (Å²) in [6.07, 6.45) is 5.17. The van der Waals surface area contributed by atoms with E-state index in [9.17, 15) is 9.90 Å². The number of amides is 1. The molecule has 5 heteroatoms. The fraction of sp³-hybridized carbons (Fsp3) is 0.412. The van der Waals surface area contributed by atoms with Crippen LogP contribution in [0.25, 0.3) is 5.69 Å². The molecule has 1 saturated heterocycles. The summed E-state index contributed by atoms with van der Waals surface area (Å²) in [5, 5.41) is 13.9. The number of aliphatic hydroxyl groups is 1. The van der Waals surface area contributed by atoms with Gasteiger partial charge in [-0.25, -0.2) is 4.68 Å². The maximum atomic E-state index is 12.6. The largest absolute Gasteiger partial charge is 0.393 e. The number of benzene rings is 1. The Morgan fingerprint density at radius 1 is 1.36 bits per heavy atom. The molecule has 0 spiro atoms. The fourth-order valence-electron chi connectivity index (χ4n) is 2.95. The molecule has 116 valence electrons. The third kappa shape index (κ3) is 3.04. The van der Waals surface area contributed by atoms with Crippen molar-refractivity contribution in [1.82, 2.24) is 14.7 Å². The third-order valence-electron chi connectivity index (χ3n) is 4.31. The maximum absolute atomic E-state index is 12.6. The predicted octanol–water partition coefficient (Wildman–Crippen LogP) is 2.11. The monoisotopic (exact) mass is 299 g/mol. The van der Waals surface area contributed by atoms with Gasteiger partial charge in [-0.05, 0) is 50.1 Å². The van der Waals surface area contributed by atoms with Gasteiger partial charge < -0.3 is 10.0 Å². The first kappa shape index (κ1) is 14.8. The number of piperidine rings is 1. The van der Waals surface area contributed by atoms with Gasteiger partial charge >= 0.3 is 0 Å². The molecule has 1 amide bonds. The molecule has 2 unspecified atom stereocenters. The Kier molecular flexibility index (Phi) is 4.24. The molecule has 2 atom stereocenters. The zero-order chi connectivity index (χ0) is 15.5. The quantitative estimate of drug-likeness (QED) is 0.944. The summed E-state index contributed by atoms with van der Waals surface area (Å²) in [5.41, 5.74) is 1.62. The van der Waals surface area contributed by atoms with Gasteiger partial charge in [0.05, 0.1) is 11.8 Å². The normalized spacial score (nSPS) is 19.9. The highest BCUT2D eigenvalue weighted by Crippen LogP contribution is 2.21. The lowest BCUT2D eigenvalue weighted by molar-refractivity contribution is 0.0466. The molecule has 5 nitrogen and oxygen atoms in total. The van der Waals surface area contributed by atoms with Gasteiger partial charge in [0.2, 0.25) is 0 Å². The molecule has 2 heterocycles. The van der Waals surface area contributed by atoms with Crippen molar-refractivity contribution in [2.75, 3.05) is 13.1 Å². The van der Waals surface area contributed by atoms with Gasteiger partial charge in [-0.3, -0.25) is 4.79 Å². The second-order valence-electron chi connectivity index (χ2n) is 5.89. The Bertz CT molecular complexity index is 620. The van der Waals surface area contributed by atoms with Crippen LogP contribution in [-0.4, -0.2) is 44.9 Å². The van der Waals surface area contributed by atoms with Gasteiger partial charge in [0, 0.05) is 37.0 Å². The predicted molar refractivity (Wildman–Crippen MR) is 83.9 cm³/mol.